The minimum absolute atomic E-state index is 0.226. The molecule has 0 aliphatic carbocycles. The summed E-state index contributed by atoms with van der Waals surface area (Å²) in [7, 11) is 0. The van der Waals surface area contributed by atoms with Gasteiger partial charge in [-0.3, -0.25) is 0 Å². The summed E-state index contributed by atoms with van der Waals surface area (Å²) in [5.41, 5.74) is -0.604. The first-order valence-electron chi connectivity index (χ1n) is 8.19. The lowest BCUT2D eigenvalue weighted by atomic mass is 10.3. The van der Waals surface area contributed by atoms with Crippen LogP contribution in [0.15, 0.2) is 24.3 Å². The van der Waals surface area contributed by atoms with E-state index in [0.717, 1.165) is 0 Å². The highest BCUT2D eigenvalue weighted by Crippen LogP contribution is 2.26. The van der Waals surface area contributed by atoms with Crippen LogP contribution < -0.4 is 9.47 Å². The molecule has 0 N–H and O–H groups in total. The average molecular weight is 358 g/mol. The number of carbonyl (C=O) groups is 1. The Kier molecular flexibility index (Phi) is 7.46. The number of benzene rings is 1. The van der Waals surface area contributed by atoms with Gasteiger partial charge in [0.1, 0.15) is 12.7 Å². The number of carbonyl (C=O) groups excluding carboxylic acids is 1. The molecule has 1 aromatic carbocycles. The largest absolute Gasteiger partial charge is 0.490 e. The van der Waals surface area contributed by atoms with E-state index in [1.807, 2.05) is 38.1 Å². The average Bonchev–Trinajstić information content (AvgIpc) is 2.61. The molecular formula is C17H24ClNO5. The molecule has 0 bridgehead atoms. The number of para-hydroxylation sites is 2. The normalized spacial score (nSPS) is 18.8. The van der Waals surface area contributed by atoms with Gasteiger partial charge >= 0.3 is 6.09 Å². The Hall–Kier alpha value is -1.66. The molecule has 0 radical (unpaired) electrons. The van der Waals surface area contributed by atoms with Crippen LogP contribution in [0.5, 0.6) is 11.5 Å². The van der Waals surface area contributed by atoms with Crippen LogP contribution in [0.3, 0.4) is 0 Å². The van der Waals surface area contributed by atoms with Crippen LogP contribution in [-0.2, 0) is 9.47 Å². The maximum absolute atomic E-state index is 12.0. The molecular weight excluding hydrogens is 334 g/mol. The standard InChI is InChI=1S/C17H24ClNO5/c1-3-16(18)24-17(20)19-9-10-22-13(11-19)12-23-15-8-6-5-7-14(15)21-4-2/h5-8,13,16H,3-4,9-12H2,1-2H3. The van der Waals surface area contributed by atoms with Crippen LogP contribution in [0.1, 0.15) is 20.3 Å². The number of nitrogens with zero attached hydrogens (tertiary/aromatic N) is 1. The molecule has 2 atom stereocenters. The minimum Gasteiger partial charge on any atom is -0.490 e. The van der Waals surface area contributed by atoms with Crippen molar-refractivity contribution in [3.05, 3.63) is 24.3 Å². The summed E-state index contributed by atoms with van der Waals surface area (Å²) >= 11 is 5.86. The van der Waals surface area contributed by atoms with Crippen LogP contribution in [-0.4, -0.2) is 55.6 Å². The zero-order chi connectivity index (χ0) is 17.4. The summed E-state index contributed by atoms with van der Waals surface area (Å²) in [6, 6.07) is 7.48. The van der Waals surface area contributed by atoms with Crippen molar-refractivity contribution in [2.75, 3.05) is 32.9 Å². The molecule has 7 heteroatoms. The third kappa shape index (κ3) is 5.46. The van der Waals surface area contributed by atoms with Gasteiger partial charge in [0.15, 0.2) is 17.1 Å². The summed E-state index contributed by atoms with van der Waals surface area (Å²) in [4.78, 5) is 13.6. The maximum Gasteiger partial charge on any atom is 0.411 e. The van der Waals surface area contributed by atoms with Gasteiger partial charge in [-0.15, -0.1) is 0 Å². The first-order chi connectivity index (χ1) is 11.6. The molecule has 1 saturated heterocycles. The Bertz CT molecular complexity index is 527. The number of amides is 1. The summed E-state index contributed by atoms with van der Waals surface area (Å²) in [6.07, 6.45) is -0.0745. The van der Waals surface area contributed by atoms with Crippen molar-refractivity contribution in [3.8, 4) is 11.5 Å². The molecule has 1 fully saturated rings. The van der Waals surface area contributed by atoms with E-state index in [0.29, 0.717) is 50.8 Å². The Balaban J connectivity index is 1.86. The van der Waals surface area contributed by atoms with Crippen LogP contribution in [0.4, 0.5) is 4.79 Å². The molecule has 1 aliphatic heterocycles. The molecule has 1 aromatic rings. The van der Waals surface area contributed by atoms with Gasteiger partial charge in [0.25, 0.3) is 0 Å². The van der Waals surface area contributed by atoms with E-state index in [1.54, 1.807) is 4.90 Å². The maximum atomic E-state index is 12.0. The number of hydrogen-bond donors (Lipinski definition) is 0. The smallest absolute Gasteiger partial charge is 0.411 e. The van der Waals surface area contributed by atoms with Crippen molar-refractivity contribution in [3.63, 3.8) is 0 Å². The molecule has 0 aromatic heterocycles. The predicted molar refractivity (Wildman–Crippen MR) is 90.8 cm³/mol. The van der Waals surface area contributed by atoms with Crippen molar-refractivity contribution in [1.82, 2.24) is 4.90 Å². The molecule has 2 rings (SSSR count). The summed E-state index contributed by atoms with van der Waals surface area (Å²) < 4.78 is 22.1. The van der Waals surface area contributed by atoms with Gasteiger partial charge in [-0.2, -0.15) is 0 Å². The van der Waals surface area contributed by atoms with Gasteiger partial charge in [-0.05, 0) is 25.5 Å². The molecule has 0 spiro atoms. The van der Waals surface area contributed by atoms with E-state index in [9.17, 15) is 4.79 Å². The van der Waals surface area contributed by atoms with E-state index >= 15 is 0 Å². The quantitative estimate of drug-likeness (QED) is 0.701. The monoisotopic (exact) mass is 357 g/mol. The number of ether oxygens (including phenoxy) is 4. The van der Waals surface area contributed by atoms with Crippen LogP contribution >= 0.6 is 11.6 Å². The second-order valence-corrected chi connectivity index (χ2v) is 5.82. The van der Waals surface area contributed by atoms with E-state index in [1.165, 1.54) is 0 Å². The fraction of sp³-hybridized carbons (Fsp3) is 0.588. The number of morpholine rings is 1. The molecule has 1 amide bonds. The van der Waals surface area contributed by atoms with E-state index in [4.69, 9.17) is 30.5 Å². The predicted octanol–water partition coefficient (Wildman–Crippen LogP) is 3.28. The number of halogens is 1. The van der Waals surface area contributed by atoms with Gasteiger partial charge in [0.05, 0.1) is 19.8 Å². The van der Waals surface area contributed by atoms with Crippen LogP contribution in [0.2, 0.25) is 0 Å². The summed E-state index contributed by atoms with van der Waals surface area (Å²) in [5, 5.41) is 0. The highest BCUT2D eigenvalue weighted by Gasteiger charge is 2.27. The first kappa shape index (κ1) is 18.7. The number of hydrogen-bond acceptors (Lipinski definition) is 5. The Morgan fingerprint density at radius 2 is 2.04 bits per heavy atom. The van der Waals surface area contributed by atoms with E-state index < -0.39 is 11.7 Å². The third-order valence-electron chi connectivity index (χ3n) is 3.52. The molecule has 1 aliphatic rings. The molecule has 24 heavy (non-hydrogen) atoms. The SMILES string of the molecule is CCOc1ccccc1OCC1CN(C(=O)OC(Cl)CC)CCO1. The van der Waals surface area contributed by atoms with Gasteiger partial charge in [0, 0.05) is 6.54 Å². The van der Waals surface area contributed by atoms with Crippen LogP contribution in [0.25, 0.3) is 0 Å². The lowest BCUT2D eigenvalue weighted by Crippen LogP contribution is -2.48. The second kappa shape index (κ2) is 9.59. The zero-order valence-electron chi connectivity index (χ0n) is 14.1. The summed E-state index contributed by atoms with van der Waals surface area (Å²) in [5.74, 6) is 1.36. The summed E-state index contributed by atoms with van der Waals surface area (Å²) in [6.45, 7) is 6.00. The third-order valence-corrected chi connectivity index (χ3v) is 3.92. The number of rotatable bonds is 7. The van der Waals surface area contributed by atoms with E-state index in [-0.39, 0.29) is 6.10 Å². The Labute approximate surface area is 147 Å². The van der Waals surface area contributed by atoms with Gasteiger partial charge in [-0.1, -0.05) is 30.7 Å². The van der Waals surface area contributed by atoms with Crippen molar-refractivity contribution in [2.45, 2.75) is 31.9 Å². The highest BCUT2D eigenvalue weighted by atomic mass is 35.5. The lowest BCUT2D eigenvalue weighted by molar-refractivity contribution is -0.0467. The Morgan fingerprint density at radius 3 is 2.71 bits per heavy atom. The molecule has 0 saturated carbocycles. The topological polar surface area (TPSA) is 57.2 Å². The van der Waals surface area contributed by atoms with Gasteiger partial charge in [-0.25, -0.2) is 4.79 Å². The van der Waals surface area contributed by atoms with Gasteiger partial charge in [0.2, 0.25) is 0 Å². The highest BCUT2D eigenvalue weighted by molar-refractivity contribution is 6.20. The minimum atomic E-state index is -0.604. The first-order valence-corrected chi connectivity index (χ1v) is 8.63. The molecule has 6 nitrogen and oxygen atoms in total. The Morgan fingerprint density at radius 1 is 1.33 bits per heavy atom. The van der Waals surface area contributed by atoms with Crippen LogP contribution in [0, 0.1) is 0 Å². The second-order valence-electron chi connectivity index (χ2n) is 5.33. The molecule has 2 unspecified atom stereocenters. The molecule has 1 heterocycles. The zero-order valence-corrected chi connectivity index (χ0v) is 14.8. The molecule has 134 valence electrons. The van der Waals surface area contributed by atoms with E-state index in [2.05, 4.69) is 0 Å². The van der Waals surface area contributed by atoms with Crippen molar-refractivity contribution >= 4 is 17.7 Å². The fourth-order valence-corrected chi connectivity index (χ4v) is 2.36. The number of alkyl halides is 1. The fourth-order valence-electron chi connectivity index (χ4n) is 2.28. The van der Waals surface area contributed by atoms with Crippen molar-refractivity contribution < 1.29 is 23.7 Å². The van der Waals surface area contributed by atoms with Gasteiger partial charge < -0.3 is 23.8 Å². The van der Waals surface area contributed by atoms with Crippen molar-refractivity contribution in [2.24, 2.45) is 0 Å². The lowest BCUT2D eigenvalue weighted by Gasteiger charge is -2.32. The van der Waals surface area contributed by atoms with Crippen molar-refractivity contribution in [1.29, 1.82) is 0 Å².